The Bertz CT molecular complexity index is 551. The SMILES string of the molecule is CCCC1CC1(O)c1ccc2ccccc2n1. The molecule has 1 aliphatic carbocycles. The fraction of sp³-hybridized carbons (Fsp3) is 0.400. The third kappa shape index (κ3) is 1.73. The minimum atomic E-state index is -0.653. The molecule has 3 rings (SSSR count). The quantitative estimate of drug-likeness (QED) is 0.873. The normalized spacial score (nSPS) is 27.3. The van der Waals surface area contributed by atoms with Crippen LogP contribution in [0.15, 0.2) is 36.4 Å². The molecule has 2 unspecified atom stereocenters. The topological polar surface area (TPSA) is 33.1 Å². The molecule has 2 nitrogen and oxygen atoms in total. The Morgan fingerprint density at radius 2 is 2.12 bits per heavy atom. The third-order valence-corrected chi connectivity index (χ3v) is 3.75. The van der Waals surface area contributed by atoms with Crippen LogP contribution in [0.5, 0.6) is 0 Å². The predicted octanol–water partition coefficient (Wildman–Crippen LogP) is 3.24. The standard InChI is InChI=1S/C15H17NO/c1-2-5-12-10-15(12,17)14-9-8-11-6-3-4-7-13(11)16-14/h3-4,6-9,12,17H,2,5,10H2,1H3. The lowest BCUT2D eigenvalue weighted by atomic mass is 10.1. The molecular formula is C15H17NO. The van der Waals surface area contributed by atoms with Crippen molar-refractivity contribution in [2.45, 2.75) is 31.8 Å². The van der Waals surface area contributed by atoms with Gasteiger partial charge in [-0.05, 0) is 30.9 Å². The summed E-state index contributed by atoms with van der Waals surface area (Å²) in [5, 5.41) is 11.6. The highest BCUT2D eigenvalue weighted by atomic mass is 16.3. The van der Waals surface area contributed by atoms with Crippen molar-refractivity contribution in [1.82, 2.24) is 4.98 Å². The molecule has 1 aromatic carbocycles. The van der Waals surface area contributed by atoms with E-state index < -0.39 is 5.60 Å². The van der Waals surface area contributed by atoms with Gasteiger partial charge in [0.05, 0.1) is 11.2 Å². The average molecular weight is 227 g/mol. The van der Waals surface area contributed by atoms with Crippen LogP contribution in [0.1, 0.15) is 31.9 Å². The summed E-state index contributed by atoms with van der Waals surface area (Å²) in [5.74, 6) is 0.404. The predicted molar refractivity (Wildman–Crippen MR) is 68.7 cm³/mol. The Balaban J connectivity index is 1.97. The van der Waals surface area contributed by atoms with E-state index in [-0.39, 0.29) is 0 Å². The van der Waals surface area contributed by atoms with Crippen LogP contribution in [-0.2, 0) is 5.60 Å². The van der Waals surface area contributed by atoms with Gasteiger partial charge in [0.25, 0.3) is 0 Å². The maximum Gasteiger partial charge on any atom is 0.110 e. The van der Waals surface area contributed by atoms with Crippen LogP contribution in [0, 0.1) is 5.92 Å². The Hall–Kier alpha value is -1.41. The molecule has 1 N–H and O–H groups in total. The molecule has 0 amide bonds. The molecule has 2 heteroatoms. The summed E-state index contributed by atoms with van der Waals surface area (Å²) >= 11 is 0. The Morgan fingerprint density at radius 1 is 1.29 bits per heavy atom. The molecule has 1 saturated carbocycles. The summed E-state index contributed by atoms with van der Waals surface area (Å²) in [7, 11) is 0. The smallest absolute Gasteiger partial charge is 0.110 e. The van der Waals surface area contributed by atoms with Crippen LogP contribution in [0.2, 0.25) is 0 Å². The van der Waals surface area contributed by atoms with Crippen LogP contribution >= 0.6 is 0 Å². The van der Waals surface area contributed by atoms with Gasteiger partial charge in [0, 0.05) is 5.39 Å². The van der Waals surface area contributed by atoms with Crippen molar-refractivity contribution in [3.63, 3.8) is 0 Å². The molecular weight excluding hydrogens is 210 g/mol. The van der Waals surface area contributed by atoms with Crippen LogP contribution < -0.4 is 0 Å². The number of hydrogen-bond acceptors (Lipinski definition) is 2. The van der Waals surface area contributed by atoms with Crippen LogP contribution in [0.4, 0.5) is 0 Å². The molecule has 1 fully saturated rings. The molecule has 0 spiro atoms. The fourth-order valence-corrected chi connectivity index (χ4v) is 2.63. The second-order valence-corrected chi connectivity index (χ2v) is 5.00. The summed E-state index contributed by atoms with van der Waals surface area (Å²) in [5.41, 5.74) is 1.16. The number of rotatable bonds is 3. The molecule has 0 saturated heterocycles. The molecule has 1 aliphatic rings. The monoisotopic (exact) mass is 227 g/mol. The minimum Gasteiger partial charge on any atom is -0.383 e. The zero-order valence-corrected chi connectivity index (χ0v) is 10.1. The lowest BCUT2D eigenvalue weighted by Crippen LogP contribution is -2.11. The van der Waals surface area contributed by atoms with Gasteiger partial charge in [-0.3, -0.25) is 0 Å². The first-order valence-corrected chi connectivity index (χ1v) is 6.32. The summed E-state index contributed by atoms with van der Waals surface area (Å²) < 4.78 is 0. The zero-order chi connectivity index (χ0) is 11.9. The highest BCUT2D eigenvalue weighted by molar-refractivity contribution is 5.78. The summed E-state index contributed by atoms with van der Waals surface area (Å²) in [6.07, 6.45) is 3.08. The highest BCUT2D eigenvalue weighted by Gasteiger charge is 2.54. The molecule has 2 atom stereocenters. The Kier molecular flexibility index (Phi) is 2.40. The first-order chi connectivity index (χ1) is 8.24. The lowest BCUT2D eigenvalue weighted by Gasteiger charge is -2.10. The number of benzene rings is 1. The van der Waals surface area contributed by atoms with Crippen molar-refractivity contribution in [2.24, 2.45) is 5.92 Å². The highest BCUT2D eigenvalue weighted by Crippen LogP contribution is 2.53. The van der Waals surface area contributed by atoms with Crippen molar-refractivity contribution in [1.29, 1.82) is 0 Å². The van der Waals surface area contributed by atoms with Crippen molar-refractivity contribution in [3.05, 3.63) is 42.1 Å². The van der Waals surface area contributed by atoms with Gasteiger partial charge in [-0.25, -0.2) is 4.98 Å². The molecule has 2 aromatic rings. The molecule has 1 aromatic heterocycles. The molecule has 0 aliphatic heterocycles. The second-order valence-electron chi connectivity index (χ2n) is 5.00. The second kappa shape index (κ2) is 3.81. The van der Waals surface area contributed by atoms with E-state index in [1.165, 1.54) is 0 Å². The number of aromatic nitrogens is 1. The minimum absolute atomic E-state index is 0.404. The molecule has 1 heterocycles. The van der Waals surface area contributed by atoms with E-state index in [9.17, 15) is 5.11 Å². The first-order valence-electron chi connectivity index (χ1n) is 6.32. The van der Waals surface area contributed by atoms with Crippen molar-refractivity contribution >= 4 is 10.9 Å². The summed E-state index contributed by atoms with van der Waals surface area (Å²) in [6.45, 7) is 2.16. The maximum atomic E-state index is 10.5. The van der Waals surface area contributed by atoms with Gasteiger partial charge in [-0.1, -0.05) is 37.6 Å². The van der Waals surface area contributed by atoms with E-state index in [0.29, 0.717) is 5.92 Å². The van der Waals surface area contributed by atoms with Gasteiger partial charge in [0.1, 0.15) is 5.60 Å². The molecule has 0 bridgehead atoms. The van der Waals surface area contributed by atoms with Gasteiger partial charge in [-0.15, -0.1) is 0 Å². The van der Waals surface area contributed by atoms with E-state index in [2.05, 4.69) is 18.0 Å². The van der Waals surface area contributed by atoms with Crippen molar-refractivity contribution in [3.8, 4) is 0 Å². The summed E-state index contributed by atoms with van der Waals surface area (Å²) in [6, 6.07) is 12.1. The Morgan fingerprint density at radius 3 is 2.94 bits per heavy atom. The molecule has 0 radical (unpaired) electrons. The zero-order valence-electron chi connectivity index (χ0n) is 10.1. The van der Waals surface area contributed by atoms with E-state index in [1.54, 1.807) is 0 Å². The van der Waals surface area contributed by atoms with Gasteiger partial charge in [0.2, 0.25) is 0 Å². The lowest BCUT2D eigenvalue weighted by molar-refractivity contribution is 0.124. The van der Waals surface area contributed by atoms with E-state index in [0.717, 1.165) is 35.9 Å². The third-order valence-electron chi connectivity index (χ3n) is 3.75. The number of nitrogens with zero attached hydrogens (tertiary/aromatic N) is 1. The molecule has 88 valence electrons. The van der Waals surface area contributed by atoms with Gasteiger partial charge in [-0.2, -0.15) is 0 Å². The first kappa shape index (κ1) is 10.7. The van der Waals surface area contributed by atoms with Gasteiger partial charge < -0.3 is 5.11 Å². The number of aliphatic hydroxyl groups is 1. The van der Waals surface area contributed by atoms with Gasteiger partial charge >= 0.3 is 0 Å². The van der Waals surface area contributed by atoms with E-state index in [4.69, 9.17) is 0 Å². The average Bonchev–Trinajstić information content (AvgIpc) is 3.01. The van der Waals surface area contributed by atoms with Crippen LogP contribution in [0.3, 0.4) is 0 Å². The number of hydrogen-bond donors (Lipinski definition) is 1. The fourth-order valence-electron chi connectivity index (χ4n) is 2.63. The Labute approximate surface area is 101 Å². The van der Waals surface area contributed by atoms with Crippen LogP contribution in [0.25, 0.3) is 10.9 Å². The van der Waals surface area contributed by atoms with E-state index in [1.807, 2.05) is 30.3 Å². The van der Waals surface area contributed by atoms with Crippen molar-refractivity contribution in [2.75, 3.05) is 0 Å². The van der Waals surface area contributed by atoms with Crippen LogP contribution in [-0.4, -0.2) is 10.1 Å². The largest absolute Gasteiger partial charge is 0.383 e. The number of para-hydroxylation sites is 1. The number of fused-ring (bicyclic) bond motifs is 1. The maximum absolute atomic E-state index is 10.5. The molecule has 17 heavy (non-hydrogen) atoms. The van der Waals surface area contributed by atoms with E-state index >= 15 is 0 Å². The van der Waals surface area contributed by atoms with Crippen molar-refractivity contribution < 1.29 is 5.11 Å². The van der Waals surface area contributed by atoms with Gasteiger partial charge in [0.15, 0.2) is 0 Å². The number of pyridine rings is 1. The summed E-state index contributed by atoms with van der Waals surface area (Å²) in [4.78, 5) is 4.59.